The topological polar surface area (TPSA) is 54.9 Å². The second-order valence-corrected chi connectivity index (χ2v) is 5.27. The predicted octanol–water partition coefficient (Wildman–Crippen LogP) is 2.35. The van der Waals surface area contributed by atoms with Gasteiger partial charge in [-0.1, -0.05) is 0 Å². The van der Waals surface area contributed by atoms with Crippen molar-refractivity contribution in [3.63, 3.8) is 0 Å². The lowest BCUT2D eigenvalue weighted by Crippen LogP contribution is -2.23. The fourth-order valence-corrected chi connectivity index (χ4v) is 2.68. The molecule has 2 heterocycles. The van der Waals surface area contributed by atoms with Crippen LogP contribution in [0.25, 0.3) is 0 Å². The molecular formula is C13H13N3OS. The summed E-state index contributed by atoms with van der Waals surface area (Å²) in [4.78, 5) is 20.2. The molecule has 0 spiro atoms. The highest BCUT2D eigenvalue weighted by molar-refractivity contribution is 7.09. The fourth-order valence-electron chi connectivity index (χ4n) is 1.69. The molecule has 2 aromatic heterocycles. The SMILES string of the molecule is O=C(NCc1csc(C2CC2)n1)c1cccnc1. The van der Waals surface area contributed by atoms with Gasteiger partial charge in [-0.2, -0.15) is 0 Å². The van der Waals surface area contributed by atoms with Crippen LogP contribution in [0.1, 0.15) is 39.8 Å². The summed E-state index contributed by atoms with van der Waals surface area (Å²) in [6, 6.07) is 3.50. The molecule has 1 fully saturated rings. The monoisotopic (exact) mass is 259 g/mol. The second kappa shape index (κ2) is 4.86. The Kier molecular flexibility index (Phi) is 3.06. The Hall–Kier alpha value is -1.75. The van der Waals surface area contributed by atoms with E-state index in [1.165, 1.54) is 17.8 Å². The van der Waals surface area contributed by atoms with Gasteiger partial charge < -0.3 is 5.32 Å². The number of thiazole rings is 1. The number of nitrogens with one attached hydrogen (secondary N) is 1. The number of pyridine rings is 1. The molecule has 3 rings (SSSR count). The van der Waals surface area contributed by atoms with E-state index >= 15 is 0 Å². The lowest BCUT2D eigenvalue weighted by Gasteiger charge is -2.02. The quantitative estimate of drug-likeness (QED) is 0.917. The van der Waals surface area contributed by atoms with Crippen molar-refractivity contribution in [1.82, 2.24) is 15.3 Å². The highest BCUT2D eigenvalue weighted by atomic mass is 32.1. The van der Waals surface area contributed by atoms with Gasteiger partial charge in [0.1, 0.15) is 0 Å². The first-order chi connectivity index (χ1) is 8.83. The van der Waals surface area contributed by atoms with E-state index in [2.05, 4.69) is 15.3 Å². The third-order valence-corrected chi connectivity index (χ3v) is 3.91. The zero-order valence-corrected chi connectivity index (χ0v) is 10.6. The van der Waals surface area contributed by atoms with E-state index in [1.54, 1.807) is 35.9 Å². The zero-order valence-electron chi connectivity index (χ0n) is 9.80. The van der Waals surface area contributed by atoms with Crippen LogP contribution >= 0.6 is 11.3 Å². The number of amides is 1. The van der Waals surface area contributed by atoms with Crippen LogP contribution < -0.4 is 5.32 Å². The van der Waals surface area contributed by atoms with Gasteiger partial charge in [-0.05, 0) is 25.0 Å². The van der Waals surface area contributed by atoms with Crippen LogP contribution in [0.15, 0.2) is 29.9 Å². The summed E-state index contributed by atoms with van der Waals surface area (Å²) in [6.07, 6.45) is 5.73. The molecule has 1 saturated carbocycles. The molecule has 0 aromatic carbocycles. The molecule has 5 heteroatoms. The highest BCUT2D eigenvalue weighted by Gasteiger charge is 2.26. The number of hydrogen-bond acceptors (Lipinski definition) is 4. The minimum Gasteiger partial charge on any atom is -0.346 e. The van der Waals surface area contributed by atoms with E-state index in [1.807, 2.05) is 5.38 Å². The number of nitrogens with zero attached hydrogens (tertiary/aromatic N) is 2. The maximum Gasteiger partial charge on any atom is 0.253 e. The summed E-state index contributed by atoms with van der Waals surface area (Å²) in [7, 11) is 0. The van der Waals surface area contributed by atoms with Crippen LogP contribution in [-0.4, -0.2) is 15.9 Å². The van der Waals surface area contributed by atoms with Gasteiger partial charge in [0.15, 0.2) is 0 Å². The Balaban J connectivity index is 1.58. The van der Waals surface area contributed by atoms with Gasteiger partial charge >= 0.3 is 0 Å². The first kappa shape index (κ1) is 11.3. The molecule has 4 nitrogen and oxygen atoms in total. The molecule has 92 valence electrons. The largest absolute Gasteiger partial charge is 0.346 e. The van der Waals surface area contributed by atoms with Crippen molar-refractivity contribution in [3.05, 3.63) is 46.2 Å². The highest BCUT2D eigenvalue weighted by Crippen LogP contribution is 2.41. The van der Waals surface area contributed by atoms with Gasteiger partial charge in [-0.25, -0.2) is 4.98 Å². The van der Waals surface area contributed by atoms with E-state index in [-0.39, 0.29) is 5.91 Å². The maximum atomic E-state index is 11.8. The van der Waals surface area contributed by atoms with Gasteiger partial charge in [0.2, 0.25) is 0 Å². The van der Waals surface area contributed by atoms with E-state index < -0.39 is 0 Å². The zero-order chi connectivity index (χ0) is 12.4. The van der Waals surface area contributed by atoms with Crippen LogP contribution in [0.5, 0.6) is 0 Å². The fraction of sp³-hybridized carbons (Fsp3) is 0.308. The second-order valence-electron chi connectivity index (χ2n) is 4.38. The third-order valence-electron chi connectivity index (χ3n) is 2.85. The third kappa shape index (κ3) is 2.56. The van der Waals surface area contributed by atoms with Crippen LogP contribution in [-0.2, 0) is 6.54 Å². The molecule has 1 aliphatic rings. The average Bonchev–Trinajstić information content (AvgIpc) is 3.16. The standard InChI is InChI=1S/C13H13N3OS/c17-12(10-2-1-5-14-6-10)15-7-11-8-18-13(16-11)9-3-4-9/h1-2,5-6,8-9H,3-4,7H2,(H,15,17). The number of carbonyl (C=O) groups excluding carboxylic acids is 1. The Morgan fingerprint density at radius 1 is 1.50 bits per heavy atom. The summed E-state index contributed by atoms with van der Waals surface area (Å²) >= 11 is 1.69. The van der Waals surface area contributed by atoms with Crippen LogP contribution in [0.4, 0.5) is 0 Å². The summed E-state index contributed by atoms with van der Waals surface area (Å²) < 4.78 is 0. The van der Waals surface area contributed by atoms with E-state index in [9.17, 15) is 4.79 Å². The number of aromatic nitrogens is 2. The molecule has 0 unspecified atom stereocenters. The van der Waals surface area contributed by atoms with Crippen molar-refractivity contribution in [2.75, 3.05) is 0 Å². The summed E-state index contributed by atoms with van der Waals surface area (Å²) in [5.41, 5.74) is 1.52. The maximum absolute atomic E-state index is 11.8. The van der Waals surface area contributed by atoms with Crippen molar-refractivity contribution in [1.29, 1.82) is 0 Å². The van der Waals surface area contributed by atoms with Crippen LogP contribution in [0.2, 0.25) is 0 Å². The molecule has 1 aliphatic carbocycles. The number of hydrogen-bond donors (Lipinski definition) is 1. The van der Waals surface area contributed by atoms with Crippen molar-refractivity contribution >= 4 is 17.2 Å². The average molecular weight is 259 g/mol. The molecule has 0 saturated heterocycles. The van der Waals surface area contributed by atoms with Gasteiger partial charge in [-0.15, -0.1) is 11.3 Å². The van der Waals surface area contributed by atoms with E-state index in [0.29, 0.717) is 18.0 Å². The predicted molar refractivity (Wildman–Crippen MR) is 69.5 cm³/mol. The van der Waals surface area contributed by atoms with Gasteiger partial charge in [0.25, 0.3) is 5.91 Å². The van der Waals surface area contributed by atoms with Crippen molar-refractivity contribution in [2.24, 2.45) is 0 Å². The normalized spacial score (nSPS) is 14.4. The van der Waals surface area contributed by atoms with Gasteiger partial charge in [-0.3, -0.25) is 9.78 Å². The Morgan fingerprint density at radius 3 is 3.11 bits per heavy atom. The minimum atomic E-state index is -0.107. The molecule has 1 N–H and O–H groups in total. The summed E-state index contributed by atoms with van der Waals surface area (Å²) in [6.45, 7) is 0.483. The minimum absolute atomic E-state index is 0.107. The lowest BCUT2D eigenvalue weighted by atomic mass is 10.2. The molecular weight excluding hydrogens is 246 g/mol. The Labute approximate surface area is 109 Å². The first-order valence-corrected chi connectivity index (χ1v) is 6.83. The molecule has 1 amide bonds. The molecule has 0 radical (unpaired) electrons. The molecule has 0 bridgehead atoms. The molecule has 0 atom stereocenters. The Morgan fingerprint density at radius 2 is 2.39 bits per heavy atom. The summed E-state index contributed by atoms with van der Waals surface area (Å²) in [5, 5.41) is 6.09. The van der Waals surface area contributed by atoms with Crippen molar-refractivity contribution in [2.45, 2.75) is 25.3 Å². The molecule has 18 heavy (non-hydrogen) atoms. The van der Waals surface area contributed by atoms with Gasteiger partial charge in [0, 0.05) is 23.7 Å². The van der Waals surface area contributed by atoms with E-state index in [0.717, 1.165) is 5.69 Å². The first-order valence-electron chi connectivity index (χ1n) is 5.95. The van der Waals surface area contributed by atoms with Crippen molar-refractivity contribution in [3.8, 4) is 0 Å². The lowest BCUT2D eigenvalue weighted by molar-refractivity contribution is 0.0950. The Bertz CT molecular complexity index is 548. The van der Waals surface area contributed by atoms with Gasteiger partial charge in [0.05, 0.1) is 22.8 Å². The smallest absolute Gasteiger partial charge is 0.253 e. The molecule has 0 aliphatic heterocycles. The van der Waals surface area contributed by atoms with Crippen LogP contribution in [0.3, 0.4) is 0 Å². The van der Waals surface area contributed by atoms with Crippen molar-refractivity contribution < 1.29 is 4.79 Å². The number of rotatable bonds is 4. The summed E-state index contributed by atoms with van der Waals surface area (Å²) in [5.74, 6) is 0.571. The number of carbonyl (C=O) groups is 1. The van der Waals surface area contributed by atoms with E-state index in [4.69, 9.17) is 0 Å². The molecule has 2 aromatic rings. The van der Waals surface area contributed by atoms with Crippen LogP contribution in [0, 0.1) is 0 Å².